The minimum atomic E-state index is -3.93. The molecule has 1 saturated heterocycles. The summed E-state index contributed by atoms with van der Waals surface area (Å²) in [6.07, 6.45) is -0.602. The zero-order valence-corrected chi connectivity index (χ0v) is 16.9. The van der Waals surface area contributed by atoms with E-state index in [4.69, 9.17) is 14.2 Å². The Morgan fingerprint density at radius 2 is 1.85 bits per heavy atom. The molecule has 0 saturated carbocycles. The molecule has 10 heteroatoms. The van der Waals surface area contributed by atoms with Crippen LogP contribution in [-0.2, 0) is 29.1 Å². The maximum Gasteiger partial charge on any atom is 0.187 e. The van der Waals surface area contributed by atoms with Crippen LogP contribution in [0.15, 0.2) is 23.1 Å². The van der Waals surface area contributed by atoms with Crippen molar-refractivity contribution in [1.82, 2.24) is 5.32 Å². The third-order valence-electron chi connectivity index (χ3n) is 4.40. The van der Waals surface area contributed by atoms with Crippen molar-refractivity contribution < 1.29 is 31.0 Å². The van der Waals surface area contributed by atoms with E-state index in [0.717, 1.165) is 5.56 Å². The molecule has 0 amide bonds. The van der Waals surface area contributed by atoms with E-state index in [2.05, 4.69) is 5.32 Å². The van der Waals surface area contributed by atoms with Crippen LogP contribution in [0.3, 0.4) is 0 Å². The largest absolute Gasteiger partial charge is 0.495 e. The summed E-state index contributed by atoms with van der Waals surface area (Å²) in [7, 11) is -3.14. The SMILES string of the molecule is COc1ccc(C)cc1S(=O)(=O)[C@@H]1CS(=O)(=O)C[C@@H]1NCC(OC)OC. The standard InChI is InChI=1S/C16H25NO7S2/c1-11-5-6-13(22-2)14(7-11)26(20,21)15-10-25(18,19)9-12(15)17-8-16(23-3)24-4/h5-7,12,15-17H,8-10H2,1-4H3/t12-,15+/m0/s1. The van der Waals surface area contributed by atoms with Gasteiger partial charge < -0.3 is 19.5 Å². The second-order valence-electron chi connectivity index (χ2n) is 6.23. The lowest BCUT2D eigenvalue weighted by atomic mass is 10.2. The van der Waals surface area contributed by atoms with E-state index in [1.165, 1.54) is 27.4 Å². The lowest BCUT2D eigenvalue weighted by Crippen LogP contribution is -2.46. The summed E-state index contributed by atoms with van der Waals surface area (Å²) in [5.41, 5.74) is 0.744. The number of hydrogen-bond donors (Lipinski definition) is 1. The Hall–Kier alpha value is -1.20. The number of benzene rings is 1. The molecule has 0 unspecified atom stereocenters. The van der Waals surface area contributed by atoms with Gasteiger partial charge >= 0.3 is 0 Å². The van der Waals surface area contributed by atoms with Gasteiger partial charge in [-0.15, -0.1) is 0 Å². The summed E-state index contributed by atoms with van der Waals surface area (Å²) in [6.45, 7) is 1.94. The van der Waals surface area contributed by atoms with Gasteiger partial charge in [-0.25, -0.2) is 16.8 Å². The van der Waals surface area contributed by atoms with E-state index in [9.17, 15) is 16.8 Å². The number of aryl methyl sites for hydroxylation is 1. The summed E-state index contributed by atoms with van der Waals surface area (Å²) in [5, 5.41) is 1.85. The number of sulfone groups is 2. The van der Waals surface area contributed by atoms with Gasteiger partial charge in [0.2, 0.25) is 0 Å². The second-order valence-corrected chi connectivity index (χ2v) is 10.5. The Morgan fingerprint density at radius 3 is 2.42 bits per heavy atom. The van der Waals surface area contributed by atoms with Crippen molar-refractivity contribution >= 4 is 19.7 Å². The van der Waals surface area contributed by atoms with Crippen molar-refractivity contribution in [2.75, 3.05) is 39.4 Å². The van der Waals surface area contributed by atoms with Gasteiger partial charge in [0.05, 0.1) is 23.9 Å². The maximum absolute atomic E-state index is 13.2. The molecule has 0 bridgehead atoms. The van der Waals surface area contributed by atoms with Crippen LogP contribution >= 0.6 is 0 Å². The average molecular weight is 408 g/mol. The molecule has 2 rings (SSSR count). The fraction of sp³-hybridized carbons (Fsp3) is 0.625. The maximum atomic E-state index is 13.2. The monoisotopic (exact) mass is 407 g/mol. The zero-order valence-electron chi connectivity index (χ0n) is 15.3. The summed E-state index contributed by atoms with van der Waals surface area (Å²) in [4.78, 5) is 0.00364. The molecule has 26 heavy (non-hydrogen) atoms. The summed E-state index contributed by atoms with van der Waals surface area (Å²) in [6, 6.07) is 4.05. The summed E-state index contributed by atoms with van der Waals surface area (Å²) >= 11 is 0. The molecular formula is C16H25NO7S2. The zero-order chi connectivity index (χ0) is 19.5. The predicted molar refractivity (Wildman–Crippen MR) is 97.0 cm³/mol. The van der Waals surface area contributed by atoms with E-state index in [-0.39, 0.29) is 22.9 Å². The quantitative estimate of drug-likeness (QED) is 0.607. The fourth-order valence-electron chi connectivity index (χ4n) is 2.99. The highest BCUT2D eigenvalue weighted by molar-refractivity contribution is 7.96. The first-order valence-electron chi connectivity index (χ1n) is 8.02. The molecule has 0 aromatic heterocycles. The molecule has 148 valence electrons. The first-order valence-corrected chi connectivity index (χ1v) is 11.4. The lowest BCUT2D eigenvalue weighted by Gasteiger charge is -2.23. The molecule has 1 N–H and O–H groups in total. The lowest BCUT2D eigenvalue weighted by molar-refractivity contribution is -0.0995. The molecule has 1 heterocycles. The summed E-state index contributed by atoms with van der Waals surface area (Å²) in [5.74, 6) is -0.495. The van der Waals surface area contributed by atoms with Gasteiger partial charge in [0.1, 0.15) is 10.6 Å². The third-order valence-corrected chi connectivity index (χ3v) is 8.57. The van der Waals surface area contributed by atoms with Gasteiger partial charge in [-0.1, -0.05) is 6.07 Å². The van der Waals surface area contributed by atoms with Gasteiger partial charge in [0, 0.05) is 26.8 Å². The molecule has 1 fully saturated rings. The molecule has 1 aromatic rings. The van der Waals surface area contributed by atoms with E-state index in [1.807, 2.05) is 0 Å². The van der Waals surface area contributed by atoms with Crippen molar-refractivity contribution in [3.63, 3.8) is 0 Å². The van der Waals surface area contributed by atoms with E-state index in [1.54, 1.807) is 19.1 Å². The third kappa shape index (κ3) is 4.55. The van der Waals surface area contributed by atoms with Crippen LogP contribution < -0.4 is 10.1 Å². The van der Waals surface area contributed by atoms with Crippen LogP contribution in [0.2, 0.25) is 0 Å². The molecule has 8 nitrogen and oxygen atoms in total. The number of methoxy groups -OCH3 is 3. The van der Waals surface area contributed by atoms with Crippen molar-refractivity contribution in [2.24, 2.45) is 0 Å². The highest BCUT2D eigenvalue weighted by Gasteiger charge is 2.46. The van der Waals surface area contributed by atoms with Crippen molar-refractivity contribution in [3.05, 3.63) is 23.8 Å². The molecular weight excluding hydrogens is 382 g/mol. The Bertz CT molecular complexity index is 832. The van der Waals surface area contributed by atoms with Crippen LogP contribution in [0.25, 0.3) is 0 Å². The number of rotatable bonds is 8. The van der Waals surface area contributed by atoms with Crippen molar-refractivity contribution in [1.29, 1.82) is 0 Å². The summed E-state index contributed by atoms with van der Waals surface area (Å²) < 4.78 is 66.0. The predicted octanol–water partition coefficient (Wildman–Crippen LogP) is 0.151. The van der Waals surface area contributed by atoms with Gasteiger partial charge in [0.15, 0.2) is 26.0 Å². The van der Waals surface area contributed by atoms with Gasteiger partial charge in [-0.05, 0) is 24.6 Å². The fourth-order valence-corrected chi connectivity index (χ4v) is 7.95. The Balaban J connectivity index is 2.37. The molecule has 0 radical (unpaired) electrons. The van der Waals surface area contributed by atoms with Crippen molar-refractivity contribution in [3.8, 4) is 5.75 Å². The first-order chi connectivity index (χ1) is 12.1. The van der Waals surface area contributed by atoms with E-state index < -0.39 is 43.0 Å². The molecule has 0 spiro atoms. The smallest absolute Gasteiger partial charge is 0.187 e. The first kappa shape index (κ1) is 21.1. The highest BCUT2D eigenvalue weighted by atomic mass is 32.2. The van der Waals surface area contributed by atoms with Gasteiger partial charge in [-0.2, -0.15) is 0 Å². The number of nitrogens with one attached hydrogen (secondary N) is 1. The number of hydrogen-bond acceptors (Lipinski definition) is 8. The Labute approximate surface area is 154 Å². The van der Waals surface area contributed by atoms with Gasteiger partial charge in [0.25, 0.3) is 0 Å². The van der Waals surface area contributed by atoms with E-state index in [0.29, 0.717) is 0 Å². The van der Waals surface area contributed by atoms with Crippen LogP contribution in [0.5, 0.6) is 5.75 Å². The number of ether oxygens (including phenoxy) is 3. The van der Waals surface area contributed by atoms with Crippen LogP contribution in [0.4, 0.5) is 0 Å². The van der Waals surface area contributed by atoms with Crippen LogP contribution in [0, 0.1) is 6.92 Å². The normalized spacial score (nSPS) is 22.7. The molecule has 1 aliphatic rings. The topological polar surface area (TPSA) is 108 Å². The van der Waals surface area contributed by atoms with Gasteiger partial charge in [-0.3, -0.25) is 0 Å². The highest BCUT2D eigenvalue weighted by Crippen LogP contribution is 2.32. The Kier molecular flexibility index (Phi) is 6.67. The van der Waals surface area contributed by atoms with Crippen molar-refractivity contribution in [2.45, 2.75) is 29.4 Å². The Morgan fingerprint density at radius 1 is 1.19 bits per heavy atom. The second kappa shape index (κ2) is 8.22. The minimum absolute atomic E-state index is 0.00364. The molecule has 1 aromatic carbocycles. The van der Waals surface area contributed by atoms with Crippen LogP contribution in [0.1, 0.15) is 5.56 Å². The molecule has 2 atom stereocenters. The molecule has 0 aliphatic carbocycles. The average Bonchev–Trinajstić information content (AvgIpc) is 2.91. The molecule has 1 aliphatic heterocycles. The van der Waals surface area contributed by atoms with Crippen LogP contribution in [-0.4, -0.2) is 73.8 Å². The van der Waals surface area contributed by atoms with E-state index >= 15 is 0 Å². The minimum Gasteiger partial charge on any atom is -0.495 e.